The summed E-state index contributed by atoms with van der Waals surface area (Å²) < 4.78 is 5.34. The number of hydrogen-bond donors (Lipinski definition) is 1. The molecule has 1 unspecified atom stereocenters. The van der Waals surface area contributed by atoms with Crippen molar-refractivity contribution in [1.82, 2.24) is 4.90 Å². The second kappa shape index (κ2) is 4.10. The first-order valence-corrected chi connectivity index (χ1v) is 5.71. The molecule has 2 rings (SSSR count). The second-order valence-corrected chi connectivity index (χ2v) is 4.69. The lowest BCUT2D eigenvalue weighted by Crippen LogP contribution is -2.40. The Bertz CT molecular complexity index is 248. The van der Waals surface area contributed by atoms with Crippen LogP contribution in [0.25, 0.3) is 0 Å². The van der Waals surface area contributed by atoms with Crippen molar-refractivity contribution in [3.05, 3.63) is 0 Å². The van der Waals surface area contributed by atoms with E-state index < -0.39 is 5.97 Å². The lowest BCUT2D eigenvalue weighted by atomic mass is 9.72. The summed E-state index contributed by atoms with van der Waals surface area (Å²) in [4.78, 5) is 13.5. The number of rotatable bonds is 2. The van der Waals surface area contributed by atoms with Gasteiger partial charge in [-0.15, -0.1) is 0 Å². The summed E-state index contributed by atoms with van der Waals surface area (Å²) in [5.74, 6) is -0.825. The van der Waals surface area contributed by atoms with E-state index in [0.29, 0.717) is 6.54 Å². The zero-order chi connectivity index (χ0) is 10.9. The lowest BCUT2D eigenvalue weighted by Gasteiger charge is -2.36. The Morgan fingerprint density at radius 2 is 2.20 bits per heavy atom. The molecular weight excluding hydrogens is 194 g/mol. The molecule has 1 atom stereocenters. The standard InChI is InChI=1S/C11H19NO3/c1-2-12-7-9(10(13)14)11(8-12)3-5-15-6-4-11/h9H,2-8H2,1H3,(H,13,14). The fourth-order valence-electron chi connectivity index (χ4n) is 2.94. The van der Waals surface area contributed by atoms with E-state index in [0.717, 1.165) is 39.1 Å². The average Bonchev–Trinajstić information content (AvgIpc) is 2.58. The van der Waals surface area contributed by atoms with E-state index in [2.05, 4.69) is 11.8 Å². The van der Waals surface area contributed by atoms with Crippen LogP contribution < -0.4 is 0 Å². The maximum absolute atomic E-state index is 11.3. The molecular formula is C11H19NO3. The fraction of sp³-hybridized carbons (Fsp3) is 0.909. The molecule has 15 heavy (non-hydrogen) atoms. The van der Waals surface area contributed by atoms with Crippen LogP contribution in [0.1, 0.15) is 19.8 Å². The third-order valence-electron chi connectivity index (χ3n) is 3.95. The molecule has 0 bridgehead atoms. The highest BCUT2D eigenvalue weighted by atomic mass is 16.5. The molecule has 0 aliphatic carbocycles. The van der Waals surface area contributed by atoms with Crippen LogP contribution in [0.5, 0.6) is 0 Å². The predicted molar refractivity (Wildman–Crippen MR) is 55.7 cm³/mol. The molecule has 0 aromatic heterocycles. The van der Waals surface area contributed by atoms with Crippen molar-refractivity contribution >= 4 is 5.97 Å². The van der Waals surface area contributed by atoms with Gasteiger partial charge in [-0.3, -0.25) is 4.79 Å². The third-order valence-corrected chi connectivity index (χ3v) is 3.95. The second-order valence-electron chi connectivity index (χ2n) is 4.69. The quantitative estimate of drug-likeness (QED) is 0.738. The third kappa shape index (κ3) is 1.88. The van der Waals surface area contributed by atoms with E-state index in [1.807, 2.05) is 0 Å². The molecule has 1 N–H and O–H groups in total. The van der Waals surface area contributed by atoms with Crippen LogP contribution >= 0.6 is 0 Å². The molecule has 2 fully saturated rings. The Labute approximate surface area is 90.2 Å². The van der Waals surface area contributed by atoms with E-state index >= 15 is 0 Å². The minimum atomic E-state index is -0.632. The van der Waals surface area contributed by atoms with Gasteiger partial charge in [-0.25, -0.2) is 0 Å². The average molecular weight is 213 g/mol. The van der Waals surface area contributed by atoms with Crippen LogP contribution in [0.3, 0.4) is 0 Å². The summed E-state index contributed by atoms with van der Waals surface area (Å²) in [5.41, 5.74) is -0.0138. The van der Waals surface area contributed by atoms with E-state index in [1.54, 1.807) is 0 Å². The van der Waals surface area contributed by atoms with Crippen molar-refractivity contribution < 1.29 is 14.6 Å². The maximum atomic E-state index is 11.3. The Morgan fingerprint density at radius 1 is 1.53 bits per heavy atom. The number of carboxylic acids is 1. The number of aliphatic carboxylic acids is 1. The molecule has 2 saturated heterocycles. The Hall–Kier alpha value is -0.610. The number of nitrogens with zero attached hydrogens (tertiary/aromatic N) is 1. The van der Waals surface area contributed by atoms with Gasteiger partial charge in [0.1, 0.15) is 0 Å². The van der Waals surface area contributed by atoms with Gasteiger partial charge in [0.05, 0.1) is 5.92 Å². The molecule has 86 valence electrons. The summed E-state index contributed by atoms with van der Waals surface area (Å²) in [6, 6.07) is 0. The minimum Gasteiger partial charge on any atom is -0.481 e. The molecule has 0 saturated carbocycles. The van der Waals surface area contributed by atoms with Gasteiger partial charge < -0.3 is 14.7 Å². The molecule has 2 aliphatic heterocycles. The first kappa shape index (κ1) is 10.9. The first-order chi connectivity index (χ1) is 7.18. The van der Waals surface area contributed by atoms with E-state index in [1.165, 1.54) is 0 Å². The molecule has 2 aliphatic rings. The first-order valence-electron chi connectivity index (χ1n) is 5.71. The molecule has 0 amide bonds. The van der Waals surface area contributed by atoms with Crippen molar-refractivity contribution in [1.29, 1.82) is 0 Å². The number of carbonyl (C=O) groups is 1. The van der Waals surface area contributed by atoms with Gasteiger partial charge in [-0.2, -0.15) is 0 Å². The summed E-state index contributed by atoms with van der Waals surface area (Å²) in [7, 11) is 0. The van der Waals surface area contributed by atoms with Crippen molar-refractivity contribution in [3.63, 3.8) is 0 Å². The molecule has 1 spiro atoms. The number of hydrogen-bond acceptors (Lipinski definition) is 3. The lowest BCUT2D eigenvalue weighted by molar-refractivity contribution is -0.146. The SMILES string of the molecule is CCN1CC(C(=O)O)C2(CCOCC2)C1. The van der Waals surface area contributed by atoms with Crippen LogP contribution in [0.4, 0.5) is 0 Å². The predicted octanol–water partition coefficient (Wildman–Crippen LogP) is 0.819. The topological polar surface area (TPSA) is 49.8 Å². The molecule has 0 radical (unpaired) electrons. The minimum absolute atomic E-state index is 0.0138. The molecule has 4 nitrogen and oxygen atoms in total. The monoisotopic (exact) mass is 213 g/mol. The molecule has 2 heterocycles. The van der Waals surface area contributed by atoms with Gasteiger partial charge in [0.15, 0.2) is 0 Å². The number of carboxylic acid groups (broad SMARTS) is 1. The summed E-state index contributed by atoms with van der Waals surface area (Å²) in [5, 5.41) is 9.28. The van der Waals surface area contributed by atoms with Crippen molar-refractivity contribution in [2.45, 2.75) is 19.8 Å². The Balaban J connectivity index is 2.16. The van der Waals surface area contributed by atoms with Gasteiger partial charge in [0, 0.05) is 31.7 Å². The summed E-state index contributed by atoms with van der Waals surface area (Å²) in [6.45, 7) is 6.14. The Morgan fingerprint density at radius 3 is 2.73 bits per heavy atom. The van der Waals surface area contributed by atoms with Crippen molar-refractivity contribution in [2.24, 2.45) is 11.3 Å². The van der Waals surface area contributed by atoms with E-state index in [9.17, 15) is 9.90 Å². The van der Waals surface area contributed by atoms with Gasteiger partial charge in [0.2, 0.25) is 0 Å². The highest BCUT2D eigenvalue weighted by Crippen LogP contribution is 2.44. The summed E-state index contributed by atoms with van der Waals surface area (Å²) in [6.07, 6.45) is 1.81. The van der Waals surface area contributed by atoms with Gasteiger partial charge in [0.25, 0.3) is 0 Å². The van der Waals surface area contributed by atoms with E-state index in [4.69, 9.17) is 4.74 Å². The van der Waals surface area contributed by atoms with Gasteiger partial charge >= 0.3 is 5.97 Å². The van der Waals surface area contributed by atoms with Crippen LogP contribution in [0.15, 0.2) is 0 Å². The molecule has 0 aromatic carbocycles. The van der Waals surface area contributed by atoms with Crippen LogP contribution in [0, 0.1) is 11.3 Å². The van der Waals surface area contributed by atoms with E-state index in [-0.39, 0.29) is 11.3 Å². The van der Waals surface area contributed by atoms with Gasteiger partial charge in [-0.1, -0.05) is 6.92 Å². The normalized spacial score (nSPS) is 30.9. The molecule has 4 heteroatoms. The molecule has 0 aromatic rings. The fourth-order valence-corrected chi connectivity index (χ4v) is 2.94. The van der Waals surface area contributed by atoms with Crippen molar-refractivity contribution in [2.75, 3.05) is 32.8 Å². The highest BCUT2D eigenvalue weighted by molar-refractivity contribution is 5.72. The smallest absolute Gasteiger partial charge is 0.308 e. The highest BCUT2D eigenvalue weighted by Gasteiger charge is 2.50. The van der Waals surface area contributed by atoms with Crippen LogP contribution in [-0.4, -0.2) is 48.8 Å². The summed E-state index contributed by atoms with van der Waals surface area (Å²) >= 11 is 0. The zero-order valence-corrected chi connectivity index (χ0v) is 9.24. The van der Waals surface area contributed by atoms with Crippen molar-refractivity contribution in [3.8, 4) is 0 Å². The van der Waals surface area contributed by atoms with Crippen LogP contribution in [-0.2, 0) is 9.53 Å². The largest absolute Gasteiger partial charge is 0.481 e. The maximum Gasteiger partial charge on any atom is 0.308 e. The zero-order valence-electron chi connectivity index (χ0n) is 9.24. The van der Waals surface area contributed by atoms with Gasteiger partial charge in [-0.05, 0) is 19.4 Å². The van der Waals surface area contributed by atoms with Crippen LogP contribution in [0.2, 0.25) is 0 Å². The number of ether oxygens (including phenoxy) is 1. The Kier molecular flexibility index (Phi) is 2.98. The number of likely N-dealkylation sites (tertiary alicyclic amines) is 1.